The predicted octanol–water partition coefficient (Wildman–Crippen LogP) is 0.916. The van der Waals surface area contributed by atoms with Gasteiger partial charge >= 0.3 is 0 Å². The van der Waals surface area contributed by atoms with Crippen molar-refractivity contribution in [1.82, 2.24) is 19.5 Å². The van der Waals surface area contributed by atoms with Crippen LogP contribution in [0, 0.1) is 0 Å². The van der Waals surface area contributed by atoms with E-state index < -0.39 is 0 Å². The van der Waals surface area contributed by atoms with Crippen LogP contribution in [0.15, 0.2) is 10.9 Å². The van der Waals surface area contributed by atoms with Crippen LogP contribution in [0.5, 0.6) is 0 Å². The third kappa shape index (κ3) is 3.62. The molecule has 1 atom stereocenters. The Hall–Kier alpha value is -1.31. The maximum Gasteiger partial charge on any atom is 0.275 e. The topological polar surface area (TPSA) is 70.7 Å². The van der Waals surface area contributed by atoms with Crippen molar-refractivity contribution in [1.29, 1.82) is 0 Å². The lowest BCUT2D eigenvalue weighted by Gasteiger charge is -2.16. The van der Waals surface area contributed by atoms with Gasteiger partial charge in [0.05, 0.1) is 11.8 Å². The van der Waals surface area contributed by atoms with Gasteiger partial charge in [-0.2, -0.15) is 9.61 Å². The maximum atomic E-state index is 12.0. The van der Waals surface area contributed by atoms with Gasteiger partial charge in [0.2, 0.25) is 4.96 Å². The van der Waals surface area contributed by atoms with Crippen LogP contribution in [0.2, 0.25) is 0 Å². The molecule has 0 aliphatic rings. The zero-order valence-corrected chi connectivity index (χ0v) is 12.9. The van der Waals surface area contributed by atoms with Crippen molar-refractivity contribution in [2.45, 2.75) is 39.3 Å². The Morgan fingerprint density at radius 2 is 2.30 bits per heavy atom. The van der Waals surface area contributed by atoms with Crippen molar-refractivity contribution >= 4 is 16.3 Å². The van der Waals surface area contributed by atoms with E-state index in [-0.39, 0.29) is 11.7 Å². The Labute approximate surface area is 121 Å². The van der Waals surface area contributed by atoms with E-state index in [1.54, 1.807) is 6.92 Å². The lowest BCUT2D eigenvalue weighted by atomic mass is 10.2. The summed E-state index contributed by atoms with van der Waals surface area (Å²) in [5.41, 5.74) is 0.610. The summed E-state index contributed by atoms with van der Waals surface area (Å²) >= 11 is 1.45. The third-order valence-corrected chi connectivity index (χ3v) is 4.06. The Kier molecular flexibility index (Phi) is 4.85. The molecule has 2 heterocycles. The summed E-state index contributed by atoms with van der Waals surface area (Å²) in [6, 6.07) is 1.53. The minimum Gasteiger partial charge on any atom is -0.393 e. The highest BCUT2D eigenvalue weighted by atomic mass is 32.1. The average molecular weight is 296 g/mol. The van der Waals surface area contributed by atoms with E-state index in [2.05, 4.69) is 10.1 Å². The lowest BCUT2D eigenvalue weighted by Crippen LogP contribution is -2.24. The Bertz CT molecular complexity index is 635. The summed E-state index contributed by atoms with van der Waals surface area (Å²) in [7, 11) is 1.95. The first kappa shape index (κ1) is 15.1. The van der Waals surface area contributed by atoms with Crippen molar-refractivity contribution in [3.63, 3.8) is 0 Å². The molecule has 0 aromatic carbocycles. The normalized spacial score (nSPS) is 13.2. The van der Waals surface area contributed by atoms with E-state index >= 15 is 0 Å². The zero-order chi connectivity index (χ0) is 14.7. The van der Waals surface area contributed by atoms with Crippen molar-refractivity contribution < 1.29 is 5.11 Å². The molecule has 7 heteroatoms. The van der Waals surface area contributed by atoms with Crippen LogP contribution >= 0.6 is 11.3 Å². The number of aryl methyl sites for hydroxylation is 1. The van der Waals surface area contributed by atoms with Gasteiger partial charge in [-0.05, 0) is 26.8 Å². The highest BCUT2D eigenvalue weighted by Crippen LogP contribution is 2.12. The van der Waals surface area contributed by atoms with Crippen LogP contribution in [-0.2, 0) is 13.0 Å². The average Bonchev–Trinajstić information content (AvgIpc) is 2.80. The van der Waals surface area contributed by atoms with Gasteiger partial charge in [0.15, 0.2) is 0 Å². The van der Waals surface area contributed by atoms with Crippen LogP contribution in [-0.4, -0.2) is 44.3 Å². The first-order chi connectivity index (χ1) is 9.49. The monoisotopic (exact) mass is 296 g/mol. The largest absolute Gasteiger partial charge is 0.393 e. The quantitative estimate of drug-likeness (QED) is 0.858. The highest BCUT2D eigenvalue weighted by molar-refractivity contribution is 7.16. The number of hydrogen-bond donors (Lipinski definition) is 1. The van der Waals surface area contributed by atoms with Crippen molar-refractivity contribution in [2.24, 2.45) is 0 Å². The third-order valence-electron chi connectivity index (χ3n) is 3.00. The molecular weight excluding hydrogens is 276 g/mol. The smallest absolute Gasteiger partial charge is 0.275 e. The number of aromatic nitrogens is 3. The second kappa shape index (κ2) is 6.43. The molecule has 0 fully saturated rings. The molecule has 0 aliphatic carbocycles. The van der Waals surface area contributed by atoms with Gasteiger partial charge in [-0.15, -0.1) is 0 Å². The summed E-state index contributed by atoms with van der Waals surface area (Å²) in [5, 5.41) is 14.4. The molecule has 2 aromatic heterocycles. The van der Waals surface area contributed by atoms with Gasteiger partial charge in [-0.1, -0.05) is 18.3 Å². The molecule has 0 spiro atoms. The first-order valence-electron chi connectivity index (χ1n) is 6.75. The lowest BCUT2D eigenvalue weighted by molar-refractivity contribution is 0.162. The van der Waals surface area contributed by atoms with Crippen molar-refractivity contribution in [3.05, 3.63) is 27.1 Å². The van der Waals surface area contributed by atoms with E-state index in [1.165, 1.54) is 21.9 Å². The first-order valence-corrected chi connectivity index (χ1v) is 7.56. The van der Waals surface area contributed by atoms with Crippen LogP contribution in [0.25, 0.3) is 4.96 Å². The molecule has 0 amide bonds. The predicted molar refractivity (Wildman–Crippen MR) is 79.1 cm³/mol. The van der Waals surface area contributed by atoms with Gasteiger partial charge in [0.25, 0.3) is 5.56 Å². The Morgan fingerprint density at radius 3 is 2.95 bits per heavy atom. The molecule has 2 aromatic rings. The van der Waals surface area contributed by atoms with E-state index in [9.17, 15) is 9.90 Å². The molecular formula is C13H20N4O2S. The summed E-state index contributed by atoms with van der Waals surface area (Å²) in [6.07, 6.45) is 1.20. The van der Waals surface area contributed by atoms with E-state index in [0.29, 0.717) is 17.9 Å². The summed E-state index contributed by atoms with van der Waals surface area (Å²) in [5.74, 6) is 0. The van der Waals surface area contributed by atoms with Crippen molar-refractivity contribution in [2.75, 3.05) is 13.6 Å². The molecule has 0 bridgehead atoms. The standard InChI is InChI=1S/C13H20N4O2S/c1-4-11-15-17-12(19)7-10(14-13(17)20-11)8-16(3)6-5-9(2)18/h7,9,18H,4-6,8H2,1-3H3. The van der Waals surface area contributed by atoms with Gasteiger partial charge in [-0.25, -0.2) is 4.98 Å². The minimum absolute atomic E-state index is 0.134. The van der Waals surface area contributed by atoms with Crippen LogP contribution < -0.4 is 5.56 Å². The van der Waals surface area contributed by atoms with E-state index in [4.69, 9.17) is 0 Å². The molecule has 0 radical (unpaired) electrons. The zero-order valence-electron chi connectivity index (χ0n) is 12.0. The Morgan fingerprint density at radius 1 is 1.55 bits per heavy atom. The van der Waals surface area contributed by atoms with Gasteiger partial charge in [-0.3, -0.25) is 4.79 Å². The summed E-state index contributed by atoms with van der Waals surface area (Å²) in [6.45, 7) is 5.14. The maximum absolute atomic E-state index is 12.0. The number of rotatable bonds is 6. The van der Waals surface area contributed by atoms with Gasteiger partial charge < -0.3 is 10.0 Å². The van der Waals surface area contributed by atoms with Gasteiger partial charge in [0.1, 0.15) is 5.01 Å². The molecule has 20 heavy (non-hydrogen) atoms. The molecule has 1 unspecified atom stereocenters. The Balaban J connectivity index is 2.16. The highest BCUT2D eigenvalue weighted by Gasteiger charge is 2.10. The molecule has 0 saturated heterocycles. The summed E-state index contributed by atoms with van der Waals surface area (Å²) in [4.78, 5) is 19.2. The number of nitrogens with zero attached hydrogens (tertiary/aromatic N) is 4. The van der Waals surface area contributed by atoms with Crippen LogP contribution in [0.3, 0.4) is 0 Å². The van der Waals surface area contributed by atoms with E-state index in [1.807, 2.05) is 18.9 Å². The molecule has 110 valence electrons. The van der Waals surface area contributed by atoms with Gasteiger partial charge in [0, 0.05) is 19.2 Å². The fourth-order valence-electron chi connectivity index (χ4n) is 1.88. The molecule has 2 rings (SSSR count). The number of hydrogen-bond acceptors (Lipinski definition) is 6. The second-order valence-electron chi connectivity index (χ2n) is 5.00. The van der Waals surface area contributed by atoms with Crippen molar-refractivity contribution in [3.8, 4) is 0 Å². The fourth-order valence-corrected chi connectivity index (χ4v) is 2.74. The SMILES string of the molecule is CCc1nn2c(=O)cc(CN(C)CCC(C)O)nc2s1. The number of aliphatic hydroxyl groups excluding tert-OH is 1. The van der Waals surface area contributed by atoms with Crippen LogP contribution in [0.1, 0.15) is 31.0 Å². The number of fused-ring (bicyclic) bond motifs is 1. The number of aliphatic hydroxyl groups is 1. The molecule has 0 aliphatic heterocycles. The van der Waals surface area contributed by atoms with Crippen LogP contribution in [0.4, 0.5) is 0 Å². The fraction of sp³-hybridized carbons (Fsp3) is 0.615. The second-order valence-corrected chi connectivity index (χ2v) is 6.05. The minimum atomic E-state index is -0.313. The molecule has 0 saturated carbocycles. The summed E-state index contributed by atoms with van der Waals surface area (Å²) < 4.78 is 1.36. The van der Waals surface area contributed by atoms with E-state index in [0.717, 1.165) is 23.7 Å². The molecule has 1 N–H and O–H groups in total. The molecule has 6 nitrogen and oxygen atoms in total.